The minimum atomic E-state index is -0.659. The molecule has 0 aliphatic heterocycles. The second kappa shape index (κ2) is 3.84. The standard InChI is InChI=1S/C8H7Cl3O/c1-4(12)6-2-5(9)3-7(10)8(6)11/h2-4,12H,1H3. The molecule has 0 amide bonds. The van der Waals surface area contributed by atoms with E-state index in [2.05, 4.69) is 0 Å². The maximum Gasteiger partial charge on any atom is 0.0777 e. The Kier molecular flexibility index (Phi) is 3.24. The van der Waals surface area contributed by atoms with E-state index in [0.717, 1.165) is 0 Å². The average Bonchev–Trinajstić information content (AvgIpc) is 1.96. The summed E-state index contributed by atoms with van der Waals surface area (Å²) < 4.78 is 0. The zero-order valence-corrected chi connectivity index (χ0v) is 8.58. The van der Waals surface area contributed by atoms with Gasteiger partial charge in [0, 0.05) is 10.6 Å². The van der Waals surface area contributed by atoms with Crippen LogP contribution in [0.5, 0.6) is 0 Å². The molecule has 0 fully saturated rings. The van der Waals surface area contributed by atoms with Crippen molar-refractivity contribution in [3.05, 3.63) is 32.8 Å². The smallest absolute Gasteiger partial charge is 0.0777 e. The van der Waals surface area contributed by atoms with Gasteiger partial charge < -0.3 is 5.11 Å². The Labute approximate surface area is 85.9 Å². The van der Waals surface area contributed by atoms with Crippen LogP contribution in [0.4, 0.5) is 0 Å². The first-order valence-electron chi connectivity index (χ1n) is 3.35. The third kappa shape index (κ3) is 2.05. The summed E-state index contributed by atoms with van der Waals surface area (Å²) in [6, 6.07) is 3.14. The van der Waals surface area contributed by atoms with Gasteiger partial charge in [-0.3, -0.25) is 0 Å². The van der Waals surface area contributed by atoms with Crippen molar-refractivity contribution in [2.45, 2.75) is 13.0 Å². The number of hydrogen-bond acceptors (Lipinski definition) is 1. The second-order valence-electron chi connectivity index (χ2n) is 2.47. The van der Waals surface area contributed by atoms with Crippen LogP contribution in [0, 0.1) is 0 Å². The van der Waals surface area contributed by atoms with E-state index < -0.39 is 6.10 Å². The van der Waals surface area contributed by atoms with Crippen LogP contribution in [0.25, 0.3) is 0 Å². The average molecular weight is 226 g/mol. The van der Waals surface area contributed by atoms with Crippen molar-refractivity contribution in [3.63, 3.8) is 0 Å². The van der Waals surface area contributed by atoms with Crippen molar-refractivity contribution in [2.24, 2.45) is 0 Å². The summed E-state index contributed by atoms with van der Waals surface area (Å²) in [6.07, 6.45) is -0.659. The first-order chi connectivity index (χ1) is 5.52. The highest BCUT2D eigenvalue weighted by atomic mass is 35.5. The van der Waals surface area contributed by atoms with E-state index in [1.807, 2.05) is 0 Å². The molecule has 0 spiro atoms. The normalized spacial score (nSPS) is 13.1. The topological polar surface area (TPSA) is 20.2 Å². The fraction of sp³-hybridized carbons (Fsp3) is 0.250. The van der Waals surface area contributed by atoms with Gasteiger partial charge in [0.25, 0.3) is 0 Å². The van der Waals surface area contributed by atoms with Crippen LogP contribution >= 0.6 is 34.8 Å². The monoisotopic (exact) mass is 224 g/mol. The van der Waals surface area contributed by atoms with E-state index in [9.17, 15) is 5.11 Å². The Balaban J connectivity index is 3.28. The largest absolute Gasteiger partial charge is 0.389 e. The van der Waals surface area contributed by atoms with Crippen molar-refractivity contribution >= 4 is 34.8 Å². The van der Waals surface area contributed by atoms with Crippen LogP contribution in [-0.4, -0.2) is 5.11 Å². The predicted molar refractivity (Wildman–Crippen MR) is 52.1 cm³/mol. The van der Waals surface area contributed by atoms with Gasteiger partial charge >= 0.3 is 0 Å². The minimum absolute atomic E-state index is 0.357. The predicted octanol–water partition coefficient (Wildman–Crippen LogP) is 3.70. The van der Waals surface area contributed by atoms with Crippen molar-refractivity contribution in [2.75, 3.05) is 0 Å². The van der Waals surface area contributed by atoms with E-state index in [1.54, 1.807) is 13.0 Å². The highest BCUT2D eigenvalue weighted by Gasteiger charge is 2.10. The SMILES string of the molecule is CC(O)c1cc(Cl)cc(Cl)c1Cl. The van der Waals surface area contributed by atoms with Crippen LogP contribution in [0.3, 0.4) is 0 Å². The molecule has 1 aromatic rings. The highest BCUT2D eigenvalue weighted by Crippen LogP contribution is 2.32. The van der Waals surface area contributed by atoms with Crippen LogP contribution < -0.4 is 0 Å². The van der Waals surface area contributed by atoms with Crippen molar-refractivity contribution in [1.29, 1.82) is 0 Å². The van der Waals surface area contributed by atoms with Gasteiger partial charge in [-0.15, -0.1) is 0 Å². The van der Waals surface area contributed by atoms with Crippen molar-refractivity contribution < 1.29 is 5.11 Å². The van der Waals surface area contributed by atoms with Crippen LogP contribution in [0.15, 0.2) is 12.1 Å². The number of rotatable bonds is 1. The number of halogens is 3. The molecular weight excluding hydrogens is 218 g/mol. The van der Waals surface area contributed by atoms with Crippen molar-refractivity contribution in [3.8, 4) is 0 Å². The summed E-state index contributed by atoms with van der Waals surface area (Å²) in [7, 11) is 0. The van der Waals surface area contributed by atoms with Crippen LogP contribution in [0.1, 0.15) is 18.6 Å². The fourth-order valence-electron chi connectivity index (χ4n) is 0.880. The summed E-state index contributed by atoms with van der Waals surface area (Å²) >= 11 is 17.3. The Hall–Kier alpha value is 0.0500. The van der Waals surface area contributed by atoms with Gasteiger partial charge in [-0.05, 0) is 19.1 Å². The second-order valence-corrected chi connectivity index (χ2v) is 3.69. The molecule has 1 nitrogen and oxygen atoms in total. The van der Waals surface area contributed by atoms with Gasteiger partial charge in [0.2, 0.25) is 0 Å². The number of hydrogen-bond donors (Lipinski definition) is 1. The lowest BCUT2D eigenvalue weighted by Crippen LogP contribution is -1.92. The summed E-state index contributed by atoms with van der Waals surface area (Å²) in [5.74, 6) is 0. The minimum Gasteiger partial charge on any atom is -0.389 e. The third-order valence-electron chi connectivity index (χ3n) is 1.47. The molecule has 0 saturated carbocycles. The molecule has 0 aliphatic carbocycles. The quantitative estimate of drug-likeness (QED) is 0.723. The summed E-state index contributed by atoms with van der Waals surface area (Å²) in [5.41, 5.74) is 0.550. The Bertz CT molecular complexity index is 297. The molecular formula is C8H7Cl3O. The van der Waals surface area contributed by atoms with Gasteiger partial charge in [0.15, 0.2) is 0 Å². The number of benzene rings is 1. The molecule has 1 aromatic carbocycles. The summed E-state index contributed by atoms with van der Waals surface area (Å²) in [4.78, 5) is 0. The fourth-order valence-corrected chi connectivity index (χ4v) is 1.66. The molecule has 4 heteroatoms. The van der Waals surface area contributed by atoms with Gasteiger partial charge in [0.1, 0.15) is 0 Å². The van der Waals surface area contributed by atoms with E-state index in [-0.39, 0.29) is 0 Å². The molecule has 0 heterocycles. The van der Waals surface area contributed by atoms with Gasteiger partial charge in [-0.25, -0.2) is 0 Å². The van der Waals surface area contributed by atoms with Gasteiger partial charge in [0.05, 0.1) is 16.1 Å². The lowest BCUT2D eigenvalue weighted by Gasteiger charge is -2.08. The van der Waals surface area contributed by atoms with Crippen LogP contribution in [-0.2, 0) is 0 Å². The molecule has 1 unspecified atom stereocenters. The van der Waals surface area contributed by atoms with Gasteiger partial charge in [-0.1, -0.05) is 34.8 Å². The summed E-state index contributed by atoms with van der Waals surface area (Å²) in [5, 5.41) is 10.4. The molecule has 66 valence electrons. The summed E-state index contributed by atoms with van der Waals surface area (Å²) in [6.45, 7) is 1.61. The maximum absolute atomic E-state index is 9.25. The van der Waals surface area contributed by atoms with E-state index >= 15 is 0 Å². The Morgan fingerprint density at radius 1 is 1.25 bits per heavy atom. The number of aliphatic hydroxyl groups excluding tert-OH is 1. The molecule has 12 heavy (non-hydrogen) atoms. The lowest BCUT2D eigenvalue weighted by atomic mass is 10.1. The van der Waals surface area contributed by atoms with Gasteiger partial charge in [-0.2, -0.15) is 0 Å². The zero-order valence-electron chi connectivity index (χ0n) is 6.31. The molecule has 0 aliphatic rings. The molecule has 1 rings (SSSR count). The third-order valence-corrected chi connectivity index (χ3v) is 2.51. The Morgan fingerprint density at radius 3 is 2.33 bits per heavy atom. The van der Waals surface area contributed by atoms with E-state index in [4.69, 9.17) is 34.8 Å². The van der Waals surface area contributed by atoms with E-state index in [1.165, 1.54) is 6.07 Å². The lowest BCUT2D eigenvalue weighted by molar-refractivity contribution is 0.199. The van der Waals surface area contributed by atoms with E-state index in [0.29, 0.717) is 20.6 Å². The molecule has 0 radical (unpaired) electrons. The van der Waals surface area contributed by atoms with Crippen LogP contribution in [0.2, 0.25) is 15.1 Å². The maximum atomic E-state index is 9.25. The first kappa shape index (κ1) is 10.1. The molecule has 1 N–H and O–H groups in total. The zero-order chi connectivity index (χ0) is 9.30. The highest BCUT2D eigenvalue weighted by molar-refractivity contribution is 6.43. The molecule has 0 aromatic heterocycles. The molecule has 1 atom stereocenters. The molecule has 0 saturated heterocycles. The Morgan fingerprint density at radius 2 is 1.83 bits per heavy atom. The molecule has 0 bridgehead atoms. The van der Waals surface area contributed by atoms with Crippen molar-refractivity contribution in [1.82, 2.24) is 0 Å². The number of aliphatic hydroxyl groups is 1. The first-order valence-corrected chi connectivity index (χ1v) is 4.48.